The quantitative estimate of drug-likeness (QED) is 0.835. The molecule has 1 aliphatic heterocycles. The maximum atomic E-state index is 12.3. The monoisotopic (exact) mass is 254 g/mol. The van der Waals surface area contributed by atoms with Crippen molar-refractivity contribution in [2.45, 2.75) is 53.5 Å². The average Bonchev–Trinajstić information content (AvgIpc) is 2.27. The zero-order chi connectivity index (χ0) is 13.9. The van der Waals surface area contributed by atoms with Crippen LogP contribution in [0.3, 0.4) is 0 Å². The van der Waals surface area contributed by atoms with E-state index in [1.807, 2.05) is 6.92 Å². The number of hydrogen-bond donors (Lipinski definition) is 1. The van der Waals surface area contributed by atoms with Crippen molar-refractivity contribution in [3.8, 4) is 0 Å². The number of nitrogens with one attached hydrogen (secondary N) is 1. The van der Waals surface area contributed by atoms with E-state index in [-0.39, 0.29) is 23.3 Å². The maximum Gasteiger partial charge on any atom is 0.242 e. The van der Waals surface area contributed by atoms with Crippen LogP contribution in [0, 0.1) is 11.3 Å². The molecule has 1 saturated heterocycles. The predicted molar refractivity (Wildman–Crippen MR) is 72.0 cm³/mol. The van der Waals surface area contributed by atoms with Gasteiger partial charge in [0.1, 0.15) is 6.04 Å². The first-order chi connectivity index (χ1) is 8.27. The Labute approximate surface area is 110 Å². The minimum atomic E-state index is -0.279. The number of hydrogen-bond acceptors (Lipinski definition) is 2. The Morgan fingerprint density at radius 1 is 1.50 bits per heavy atom. The van der Waals surface area contributed by atoms with Crippen LogP contribution in [0.1, 0.15) is 47.5 Å². The first-order valence-electron chi connectivity index (χ1n) is 6.84. The number of carbonyl (C=O) groups is 2. The molecule has 104 valence electrons. The van der Waals surface area contributed by atoms with Crippen LogP contribution < -0.4 is 5.32 Å². The molecule has 0 aromatic heterocycles. The van der Waals surface area contributed by atoms with Gasteiger partial charge in [-0.1, -0.05) is 34.6 Å². The van der Waals surface area contributed by atoms with Gasteiger partial charge in [0.05, 0.1) is 0 Å². The van der Waals surface area contributed by atoms with E-state index < -0.39 is 0 Å². The molecule has 1 rings (SSSR count). The third kappa shape index (κ3) is 3.47. The van der Waals surface area contributed by atoms with Crippen molar-refractivity contribution in [2.75, 3.05) is 13.1 Å². The molecular weight excluding hydrogens is 228 g/mol. The molecule has 4 heteroatoms. The molecule has 1 fully saturated rings. The van der Waals surface area contributed by atoms with Gasteiger partial charge < -0.3 is 10.2 Å². The molecule has 0 radical (unpaired) electrons. The number of nitrogens with zero attached hydrogens (tertiary/aromatic N) is 1. The van der Waals surface area contributed by atoms with Crippen LogP contribution in [-0.4, -0.2) is 35.8 Å². The number of amides is 2. The largest absolute Gasteiger partial charge is 0.353 e. The highest BCUT2D eigenvalue weighted by atomic mass is 16.2. The Kier molecular flexibility index (Phi) is 4.77. The van der Waals surface area contributed by atoms with Crippen molar-refractivity contribution in [2.24, 2.45) is 11.3 Å². The van der Waals surface area contributed by atoms with Crippen LogP contribution in [0.15, 0.2) is 0 Å². The molecule has 1 heterocycles. The molecule has 0 bridgehead atoms. The summed E-state index contributed by atoms with van der Waals surface area (Å²) in [7, 11) is 0. The smallest absolute Gasteiger partial charge is 0.242 e. The second kappa shape index (κ2) is 5.72. The maximum absolute atomic E-state index is 12.3. The summed E-state index contributed by atoms with van der Waals surface area (Å²) in [6.07, 6.45) is 1.20. The highest BCUT2D eigenvalue weighted by molar-refractivity contribution is 5.88. The van der Waals surface area contributed by atoms with Crippen LogP contribution in [0.25, 0.3) is 0 Å². The summed E-state index contributed by atoms with van der Waals surface area (Å²) in [4.78, 5) is 25.8. The van der Waals surface area contributed by atoms with E-state index in [0.717, 1.165) is 0 Å². The normalized spacial score (nSPS) is 22.6. The molecule has 0 aromatic rings. The van der Waals surface area contributed by atoms with Crippen molar-refractivity contribution in [1.82, 2.24) is 10.2 Å². The second-order valence-corrected chi connectivity index (χ2v) is 6.27. The average molecular weight is 254 g/mol. The number of piperazine rings is 1. The van der Waals surface area contributed by atoms with E-state index in [4.69, 9.17) is 0 Å². The fourth-order valence-corrected chi connectivity index (χ4v) is 2.10. The van der Waals surface area contributed by atoms with Crippen LogP contribution in [0.2, 0.25) is 0 Å². The first-order valence-corrected chi connectivity index (χ1v) is 6.84. The van der Waals surface area contributed by atoms with Gasteiger partial charge in [0, 0.05) is 19.5 Å². The van der Waals surface area contributed by atoms with E-state index in [2.05, 4.69) is 33.0 Å². The lowest BCUT2D eigenvalue weighted by Gasteiger charge is -2.36. The molecule has 2 unspecified atom stereocenters. The highest BCUT2D eigenvalue weighted by Crippen LogP contribution is 2.29. The zero-order valence-electron chi connectivity index (χ0n) is 12.2. The van der Waals surface area contributed by atoms with Crippen molar-refractivity contribution in [1.29, 1.82) is 0 Å². The summed E-state index contributed by atoms with van der Waals surface area (Å²) < 4.78 is 0. The Hall–Kier alpha value is -1.06. The lowest BCUT2D eigenvalue weighted by atomic mass is 9.80. The summed E-state index contributed by atoms with van der Waals surface area (Å²) in [6.45, 7) is 11.7. The molecule has 4 nitrogen and oxygen atoms in total. The number of carbonyl (C=O) groups excluding carboxylic acids is 2. The van der Waals surface area contributed by atoms with E-state index in [1.165, 1.54) is 0 Å². The van der Waals surface area contributed by atoms with E-state index in [0.29, 0.717) is 31.8 Å². The van der Waals surface area contributed by atoms with Crippen LogP contribution in [0.4, 0.5) is 0 Å². The summed E-state index contributed by atoms with van der Waals surface area (Å²) in [5.41, 5.74) is 0.120. The zero-order valence-corrected chi connectivity index (χ0v) is 12.2. The summed E-state index contributed by atoms with van der Waals surface area (Å²) in [6, 6.07) is -0.279. The fraction of sp³-hybridized carbons (Fsp3) is 0.857. The minimum absolute atomic E-state index is 0.0134. The van der Waals surface area contributed by atoms with Crippen molar-refractivity contribution in [3.05, 3.63) is 0 Å². The van der Waals surface area contributed by atoms with Gasteiger partial charge in [-0.15, -0.1) is 0 Å². The van der Waals surface area contributed by atoms with Crippen LogP contribution >= 0.6 is 0 Å². The van der Waals surface area contributed by atoms with Crippen molar-refractivity contribution in [3.63, 3.8) is 0 Å². The van der Waals surface area contributed by atoms with E-state index in [9.17, 15) is 9.59 Å². The first kappa shape index (κ1) is 15.0. The molecule has 1 aliphatic rings. The van der Waals surface area contributed by atoms with Gasteiger partial charge in [0.2, 0.25) is 11.8 Å². The Balaban J connectivity index is 2.68. The van der Waals surface area contributed by atoms with Gasteiger partial charge in [-0.05, 0) is 17.8 Å². The van der Waals surface area contributed by atoms with Gasteiger partial charge in [-0.2, -0.15) is 0 Å². The topological polar surface area (TPSA) is 49.4 Å². The SMILES string of the molecule is CCC1C(=O)NCCN1C(=O)CC(C)C(C)(C)C. The van der Waals surface area contributed by atoms with Crippen LogP contribution in [0.5, 0.6) is 0 Å². The van der Waals surface area contributed by atoms with Gasteiger partial charge >= 0.3 is 0 Å². The van der Waals surface area contributed by atoms with Gasteiger partial charge in [-0.25, -0.2) is 0 Å². The minimum Gasteiger partial charge on any atom is -0.353 e. The van der Waals surface area contributed by atoms with Gasteiger partial charge in [0.15, 0.2) is 0 Å². The lowest BCUT2D eigenvalue weighted by molar-refractivity contribution is -0.144. The van der Waals surface area contributed by atoms with Crippen LogP contribution in [-0.2, 0) is 9.59 Å². The van der Waals surface area contributed by atoms with Crippen molar-refractivity contribution >= 4 is 11.8 Å². The Morgan fingerprint density at radius 2 is 2.11 bits per heavy atom. The molecule has 18 heavy (non-hydrogen) atoms. The Morgan fingerprint density at radius 3 is 2.61 bits per heavy atom. The molecule has 0 aliphatic carbocycles. The van der Waals surface area contributed by atoms with E-state index in [1.54, 1.807) is 4.90 Å². The summed E-state index contributed by atoms with van der Waals surface area (Å²) in [5, 5.41) is 2.82. The third-order valence-corrected chi connectivity index (χ3v) is 4.00. The van der Waals surface area contributed by atoms with Crippen molar-refractivity contribution < 1.29 is 9.59 Å². The third-order valence-electron chi connectivity index (χ3n) is 4.00. The molecule has 2 atom stereocenters. The summed E-state index contributed by atoms with van der Waals surface area (Å²) >= 11 is 0. The molecule has 0 saturated carbocycles. The second-order valence-electron chi connectivity index (χ2n) is 6.27. The molecule has 0 spiro atoms. The standard InChI is InChI=1S/C14H26N2O2/c1-6-11-13(18)15-7-8-16(11)12(17)9-10(2)14(3,4)5/h10-11H,6-9H2,1-5H3,(H,15,18). The van der Waals surface area contributed by atoms with Gasteiger partial charge in [0.25, 0.3) is 0 Å². The van der Waals surface area contributed by atoms with E-state index >= 15 is 0 Å². The lowest BCUT2D eigenvalue weighted by Crippen LogP contribution is -2.57. The predicted octanol–water partition coefficient (Wildman–Crippen LogP) is 1.80. The highest BCUT2D eigenvalue weighted by Gasteiger charge is 2.33. The molecule has 2 amide bonds. The molecule has 1 N–H and O–H groups in total. The molecular formula is C14H26N2O2. The van der Waals surface area contributed by atoms with Gasteiger partial charge in [-0.3, -0.25) is 9.59 Å². The number of rotatable bonds is 3. The Bertz CT molecular complexity index is 320. The summed E-state index contributed by atoms with van der Waals surface area (Å²) in [5.74, 6) is 0.409. The fourth-order valence-electron chi connectivity index (χ4n) is 2.10. The molecule has 0 aromatic carbocycles.